The van der Waals surface area contributed by atoms with Gasteiger partial charge in [0.2, 0.25) is 6.54 Å². The van der Waals surface area contributed by atoms with Gasteiger partial charge in [0, 0.05) is 16.4 Å². The van der Waals surface area contributed by atoms with Crippen LogP contribution in [0.4, 0.5) is 0 Å². The van der Waals surface area contributed by atoms with Crippen molar-refractivity contribution >= 4 is 17.4 Å². The summed E-state index contributed by atoms with van der Waals surface area (Å²) in [5.41, 5.74) is 2.66. The lowest BCUT2D eigenvalue weighted by Crippen LogP contribution is -2.30. The van der Waals surface area contributed by atoms with Crippen molar-refractivity contribution in [2.45, 2.75) is 24.7 Å². The summed E-state index contributed by atoms with van der Waals surface area (Å²) in [6, 6.07) is 14.8. The van der Waals surface area contributed by atoms with Crippen LogP contribution < -0.4 is 0 Å². The number of aryl methyl sites for hydroxylation is 1. The monoisotopic (exact) mass is 329 g/mol. The Kier molecular flexibility index (Phi) is 4.44. The summed E-state index contributed by atoms with van der Waals surface area (Å²) < 4.78 is 0. The number of rotatable bonds is 4. The van der Waals surface area contributed by atoms with Gasteiger partial charge in [-0.3, -0.25) is 14.9 Å². The first-order valence-electron chi connectivity index (χ1n) is 7.54. The average Bonchev–Trinajstić information content (AvgIpc) is 2.53. The second kappa shape index (κ2) is 6.50. The third-order valence-electron chi connectivity index (χ3n) is 4.43. The number of Topliss-reactive ketones (excluding diaryl/α,β-unsaturated/α-hetero) is 1. The summed E-state index contributed by atoms with van der Waals surface area (Å²) in [7, 11) is 0. The normalized spacial score (nSPS) is 18.3. The highest BCUT2D eigenvalue weighted by molar-refractivity contribution is 6.31. The maximum Gasteiger partial charge on any atom is 0.211 e. The molecule has 2 atom stereocenters. The number of fused-ring (bicyclic) bond motifs is 1. The molecule has 5 heteroatoms. The number of nitrogens with zero attached hydrogens (tertiary/aromatic N) is 1. The number of hydrogen-bond donors (Lipinski definition) is 0. The molecule has 4 nitrogen and oxygen atoms in total. The SMILES string of the molecule is O=C1CCc2ccccc2[C@@H]1[C@H](C[N+](=O)[O-])c1ccccc1Cl. The third-order valence-corrected chi connectivity index (χ3v) is 4.77. The highest BCUT2D eigenvalue weighted by Gasteiger charge is 2.38. The molecule has 23 heavy (non-hydrogen) atoms. The molecular weight excluding hydrogens is 314 g/mol. The first-order valence-corrected chi connectivity index (χ1v) is 7.92. The van der Waals surface area contributed by atoms with Gasteiger partial charge in [-0.1, -0.05) is 54.1 Å². The third kappa shape index (κ3) is 3.13. The molecule has 0 fully saturated rings. The fourth-order valence-corrected chi connectivity index (χ4v) is 3.69. The molecule has 2 aromatic rings. The van der Waals surface area contributed by atoms with E-state index >= 15 is 0 Å². The zero-order chi connectivity index (χ0) is 16.4. The van der Waals surface area contributed by atoms with Crippen LogP contribution in [0.25, 0.3) is 0 Å². The predicted molar refractivity (Wildman–Crippen MR) is 88.6 cm³/mol. The van der Waals surface area contributed by atoms with E-state index in [1.807, 2.05) is 24.3 Å². The van der Waals surface area contributed by atoms with Crippen LogP contribution in [0, 0.1) is 10.1 Å². The van der Waals surface area contributed by atoms with Gasteiger partial charge in [-0.15, -0.1) is 0 Å². The fourth-order valence-electron chi connectivity index (χ4n) is 3.41. The van der Waals surface area contributed by atoms with Gasteiger partial charge in [0.1, 0.15) is 5.78 Å². The molecule has 1 aliphatic rings. The van der Waals surface area contributed by atoms with Crippen molar-refractivity contribution in [2.24, 2.45) is 0 Å². The van der Waals surface area contributed by atoms with Crippen molar-refractivity contribution in [2.75, 3.05) is 6.54 Å². The van der Waals surface area contributed by atoms with E-state index in [-0.39, 0.29) is 17.3 Å². The Labute approximate surface area is 139 Å². The topological polar surface area (TPSA) is 60.2 Å². The molecule has 0 amide bonds. The van der Waals surface area contributed by atoms with Gasteiger partial charge in [0.05, 0.1) is 11.8 Å². The highest BCUT2D eigenvalue weighted by atomic mass is 35.5. The molecule has 0 heterocycles. The number of ketones is 1. The average molecular weight is 330 g/mol. The van der Waals surface area contributed by atoms with Crippen LogP contribution >= 0.6 is 11.6 Å². The smallest absolute Gasteiger partial charge is 0.211 e. The molecule has 0 radical (unpaired) electrons. The molecule has 0 spiro atoms. The van der Waals surface area contributed by atoms with Crippen LogP contribution in [0.1, 0.15) is 34.9 Å². The van der Waals surface area contributed by atoms with Gasteiger partial charge in [-0.05, 0) is 29.2 Å². The van der Waals surface area contributed by atoms with Gasteiger partial charge >= 0.3 is 0 Å². The van der Waals surface area contributed by atoms with Crippen molar-refractivity contribution in [3.8, 4) is 0 Å². The van der Waals surface area contributed by atoms with E-state index < -0.39 is 11.8 Å². The number of carbonyl (C=O) groups excluding carboxylic acids is 1. The Balaban J connectivity index is 2.12. The standard InChI is InChI=1S/C18H16ClNO3/c19-16-8-4-3-7-14(16)15(11-20(22)23)18-13-6-2-1-5-12(13)9-10-17(18)21/h1-8,15,18H,9-11H2/t15-,18-/m1/s1. The van der Waals surface area contributed by atoms with Crippen LogP contribution in [0.5, 0.6) is 0 Å². The maximum absolute atomic E-state index is 12.6. The van der Waals surface area contributed by atoms with Gasteiger partial charge in [-0.25, -0.2) is 0 Å². The second-order valence-corrected chi connectivity index (χ2v) is 6.19. The molecule has 0 bridgehead atoms. The van der Waals surface area contributed by atoms with E-state index in [1.54, 1.807) is 24.3 Å². The molecule has 2 aromatic carbocycles. The quantitative estimate of drug-likeness (QED) is 0.629. The molecule has 3 rings (SSSR count). The van der Waals surface area contributed by atoms with Crippen LogP contribution in [-0.4, -0.2) is 17.3 Å². The van der Waals surface area contributed by atoms with Crippen molar-refractivity contribution in [3.63, 3.8) is 0 Å². The Morgan fingerprint density at radius 1 is 1.13 bits per heavy atom. The van der Waals surface area contributed by atoms with Gasteiger partial charge in [0.25, 0.3) is 0 Å². The summed E-state index contributed by atoms with van der Waals surface area (Å²) in [6.45, 7) is -0.311. The molecule has 0 aliphatic heterocycles. The zero-order valence-corrected chi connectivity index (χ0v) is 13.2. The first-order chi connectivity index (χ1) is 11.1. The largest absolute Gasteiger partial charge is 0.299 e. The number of benzene rings is 2. The molecule has 0 N–H and O–H groups in total. The Morgan fingerprint density at radius 3 is 2.57 bits per heavy atom. The zero-order valence-electron chi connectivity index (χ0n) is 12.4. The lowest BCUT2D eigenvalue weighted by atomic mass is 9.72. The van der Waals surface area contributed by atoms with Crippen LogP contribution in [0.3, 0.4) is 0 Å². The molecule has 118 valence electrons. The molecule has 0 saturated carbocycles. The molecule has 0 aromatic heterocycles. The minimum atomic E-state index is -0.548. The van der Waals surface area contributed by atoms with Crippen molar-refractivity contribution < 1.29 is 9.72 Å². The molecule has 0 unspecified atom stereocenters. The Bertz CT molecular complexity index is 759. The fraction of sp³-hybridized carbons (Fsp3) is 0.278. The summed E-state index contributed by atoms with van der Waals surface area (Å²) in [4.78, 5) is 23.4. The summed E-state index contributed by atoms with van der Waals surface area (Å²) in [5, 5.41) is 11.7. The predicted octanol–water partition coefficient (Wildman–Crippen LogP) is 4.00. The number of halogens is 1. The molecular formula is C18H16ClNO3. The van der Waals surface area contributed by atoms with Crippen molar-refractivity contribution in [1.29, 1.82) is 0 Å². The van der Waals surface area contributed by atoms with Crippen LogP contribution in [0.15, 0.2) is 48.5 Å². The van der Waals surface area contributed by atoms with Gasteiger partial charge in [0.15, 0.2) is 0 Å². The number of nitro groups is 1. The number of carbonyl (C=O) groups is 1. The summed E-state index contributed by atoms with van der Waals surface area (Å²) in [6.07, 6.45) is 1.11. The van der Waals surface area contributed by atoms with Gasteiger partial charge in [-0.2, -0.15) is 0 Å². The molecule has 0 saturated heterocycles. The van der Waals surface area contributed by atoms with E-state index in [2.05, 4.69) is 0 Å². The van der Waals surface area contributed by atoms with Crippen LogP contribution in [0.2, 0.25) is 5.02 Å². The lowest BCUT2D eigenvalue weighted by Gasteiger charge is -2.30. The highest BCUT2D eigenvalue weighted by Crippen LogP contribution is 2.41. The van der Waals surface area contributed by atoms with E-state index in [0.717, 1.165) is 11.1 Å². The van der Waals surface area contributed by atoms with E-state index in [9.17, 15) is 14.9 Å². The van der Waals surface area contributed by atoms with E-state index in [0.29, 0.717) is 23.4 Å². The van der Waals surface area contributed by atoms with Crippen molar-refractivity contribution in [1.82, 2.24) is 0 Å². The second-order valence-electron chi connectivity index (χ2n) is 5.79. The van der Waals surface area contributed by atoms with Crippen molar-refractivity contribution in [3.05, 3.63) is 80.4 Å². The Hall–Kier alpha value is -2.20. The van der Waals surface area contributed by atoms with Gasteiger partial charge < -0.3 is 0 Å². The van der Waals surface area contributed by atoms with E-state index in [1.165, 1.54) is 0 Å². The maximum atomic E-state index is 12.6. The first kappa shape index (κ1) is 15.7. The van der Waals surface area contributed by atoms with E-state index in [4.69, 9.17) is 11.6 Å². The molecule has 1 aliphatic carbocycles. The minimum absolute atomic E-state index is 0.0514. The lowest BCUT2D eigenvalue weighted by molar-refractivity contribution is -0.483. The Morgan fingerprint density at radius 2 is 1.83 bits per heavy atom. The summed E-state index contributed by atoms with van der Waals surface area (Å²) in [5.74, 6) is -1.01. The number of hydrogen-bond acceptors (Lipinski definition) is 3. The minimum Gasteiger partial charge on any atom is -0.299 e. The van der Waals surface area contributed by atoms with Crippen LogP contribution in [-0.2, 0) is 11.2 Å². The summed E-state index contributed by atoms with van der Waals surface area (Å²) >= 11 is 6.26.